The molecule has 0 fully saturated rings. The van der Waals surface area contributed by atoms with Gasteiger partial charge >= 0.3 is 8.60 Å². The molecule has 0 aliphatic carbocycles. The lowest BCUT2D eigenvalue weighted by Crippen LogP contribution is -1.97. The molecule has 282 valence electrons. The largest absolute Gasteiger partial charge is 0.381 e. The van der Waals surface area contributed by atoms with Crippen LogP contribution in [0.4, 0.5) is 0 Å². The molecule has 0 saturated carbocycles. The summed E-state index contributed by atoms with van der Waals surface area (Å²) in [6.45, 7) is 11.0. The topological polar surface area (TPSA) is 69.9 Å². The third kappa shape index (κ3) is 63.0. The van der Waals surface area contributed by atoms with Gasteiger partial charge in [0.15, 0.2) is 0 Å². The fourth-order valence-electron chi connectivity index (χ4n) is 5.96. The Morgan fingerprint density at radius 1 is 0.261 bits per heavy atom. The molecule has 0 saturated heterocycles. The summed E-state index contributed by atoms with van der Waals surface area (Å²) in [5.74, 6) is 0. The van der Waals surface area contributed by atoms with Crippen molar-refractivity contribution in [2.45, 2.75) is 252 Å². The van der Waals surface area contributed by atoms with Gasteiger partial charge in [0.05, 0.1) is 0 Å². The summed E-state index contributed by atoms with van der Waals surface area (Å²) in [5.41, 5.74) is 0. The number of ether oxygens (including phenoxy) is 1. The number of rotatable bonds is 36. The van der Waals surface area contributed by atoms with Gasteiger partial charge in [-0.1, -0.05) is 240 Å². The van der Waals surface area contributed by atoms with Crippen LogP contribution in [0.3, 0.4) is 0 Å². The summed E-state index contributed by atoms with van der Waals surface area (Å²) >= 11 is 0. The highest BCUT2D eigenvalue weighted by Gasteiger charge is 1.97. The SMILES string of the molecule is CCCCC.CCCCCCCCCCCCCCCCCCOCCCCCCCCCCCCCCCCCC.OP(O)O. The molecule has 0 heterocycles. The Morgan fingerprint density at radius 3 is 0.565 bits per heavy atom. The maximum Gasteiger partial charge on any atom is 0.324 e. The predicted molar refractivity (Wildman–Crippen MR) is 209 cm³/mol. The molecule has 0 spiro atoms. The zero-order valence-electron chi connectivity index (χ0n) is 32.4. The van der Waals surface area contributed by atoms with E-state index >= 15 is 0 Å². The Hall–Kier alpha value is 0.270. The van der Waals surface area contributed by atoms with Crippen LogP contribution in [0.25, 0.3) is 0 Å². The van der Waals surface area contributed by atoms with Crippen molar-refractivity contribution in [2.75, 3.05) is 13.2 Å². The second kappa shape index (κ2) is 52.1. The van der Waals surface area contributed by atoms with E-state index in [1.54, 1.807) is 0 Å². The smallest absolute Gasteiger partial charge is 0.324 e. The fourth-order valence-corrected chi connectivity index (χ4v) is 5.96. The monoisotopic (exact) mass is 677 g/mol. The Morgan fingerprint density at radius 2 is 0.413 bits per heavy atom. The minimum Gasteiger partial charge on any atom is -0.381 e. The van der Waals surface area contributed by atoms with Crippen molar-refractivity contribution < 1.29 is 19.4 Å². The van der Waals surface area contributed by atoms with Gasteiger partial charge < -0.3 is 19.4 Å². The van der Waals surface area contributed by atoms with E-state index in [4.69, 9.17) is 19.4 Å². The number of hydrogen-bond donors (Lipinski definition) is 3. The van der Waals surface area contributed by atoms with Gasteiger partial charge in [0.25, 0.3) is 0 Å². The van der Waals surface area contributed by atoms with Crippen molar-refractivity contribution in [3.8, 4) is 0 Å². The minimum absolute atomic E-state index is 0.997. The average molecular weight is 677 g/mol. The summed E-state index contributed by atoms with van der Waals surface area (Å²) < 4.78 is 5.87. The third-order valence-electron chi connectivity index (χ3n) is 8.99. The number of unbranched alkanes of at least 4 members (excludes halogenated alkanes) is 32. The average Bonchev–Trinajstić information content (AvgIpc) is 3.04. The second-order valence-electron chi connectivity index (χ2n) is 13.8. The summed E-state index contributed by atoms with van der Waals surface area (Å²) in [6.07, 6.45) is 50.1. The minimum atomic E-state index is -2.62. The second-order valence-corrected chi connectivity index (χ2v) is 14.4. The van der Waals surface area contributed by atoms with Crippen LogP contribution in [0, 0.1) is 0 Å². The van der Waals surface area contributed by atoms with Crippen molar-refractivity contribution in [3.05, 3.63) is 0 Å². The van der Waals surface area contributed by atoms with Crippen molar-refractivity contribution in [1.82, 2.24) is 0 Å². The zero-order chi connectivity index (χ0) is 34.4. The Bertz CT molecular complexity index is 425. The molecular weight excluding hydrogens is 587 g/mol. The lowest BCUT2D eigenvalue weighted by Gasteiger charge is -2.06. The molecule has 5 heteroatoms. The molecule has 0 aromatic heterocycles. The van der Waals surface area contributed by atoms with Crippen LogP contribution in [-0.2, 0) is 4.74 Å². The first kappa shape index (κ1) is 50.6. The maximum atomic E-state index is 7.23. The maximum absolute atomic E-state index is 7.23. The fraction of sp³-hybridized carbons (Fsp3) is 1.00. The van der Waals surface area contributed by atoms with Gasteiger partial charge in [0.2, 0.25) is 0 Å². The highest BCUT2D eigenvalue weighted by Crippen LogP contribution is 2.15. The molecule has 3 N–H and O–H groups in total. The van der Waals surface area contributed by atoms with Crippen LogP contribution in [0.15, 0.2) is 0 Å². The van der Waals surface area contributed by atoms with Crippen LogP contribution in [0.1, 0.15) is 252 Å². The van der Waals surface area contributed by atoms with Gasteiger partial charge in [-0.3, -0.25) is 0 Å². The zero-order valence-corrected chi connectivity index (χ0v) is 33.3. The van der Waals surface area contributed by atoms with E-state index in [9.17, 15) is 0 Å². The normalized spacial score (nSPS) is 11.0. The molecule has 0 amide bonds. The molecular formula is C41H89O4P. The highest BCUT2D eigenvalue weighted by atomic mass is 31.2. The molecule has 0 aliphatic rings. The van der Waals surface area contributed by atoms with E-state index < -0.39 is 8.60 Å². The van der Waals surface area contributed by atoms with Crippen molar-refractivity contribution in [3.63, 3.8) is 0 Å². The molecule has 0 aromatic rings. The van der Waals surface area contributed by atoms with E-state index in [0.29, 0.717) is 0 Å². The predicted octanol–water partition coefficient (Wildman–Crippen LogP) is 14.9. The summed E-state index contributed by atoms with van der Waals surface area (Å²) in [6, 6.07) is 0. The molecule has 4 nitrogen and oxygen atoms in total. The first-order valence-electron chi connectivity index (χ1n) is 21.0. The van der Waals surface area contributed by atoms with E-state index in [-0.39, 0.29) is 0 Å². The molecule has 0 aromatic carbocycles. The molecule has 0 atom stereocenters. The quantitative estimate of drug-likeness (QED) is 0.0456. The van der Waals surface area contributed by atoms with Crippen molar-refractivity contribution >= 4 is 8.60 Å². The lowest BCUT2D eigenvalue weighted by atomic mass is 10.0. The van der Waals surface area contributed by atoms with Crippen LogP contribution < -0.4 is 0 Å². The van der Waals surface area contributed by atoms with Crippen molar-refractivity contribution in [2.24, 2.45) is 0 Å². The molecule has 46 heavy (non-hydrogen) atoms. The first-order chi connectivity index (χ1) is 22.6. The third-order valence-corrected chi connectivity index (χ3v) is 8.99. The molecule has 0 aliphatic heterocycles. The first-order valence-corrected chi connectivity index (χ1v) is 22.2. The van der Waals surface area contributed by atoms with Crippen molar-refractivity contribution in [1.29, 1.82) is 0 Å². The molecule has 0 radical (unpaired) electrons. The Labute approximate surface area is 293 Å². The van der Waals surface area contributed by atoms with Gasteiger partial charge in [-0.2, -0.15) is 0 Å². The van der Waals surface area contributed by atoms with Gasteiger partial charge in [0.1, 0.15) is 0 Å². The van der Waals surface area contributed by atoms with Gasteiger partial charge in [-0.05, 0) is 12.8 Å². The van der Waals surface area contributed by atoms with Crippen LogP contribution in [-0.4, -0.2) is 27.9 Å². The van der Waals surface area contributed by atoms with Crippen LogP contribution >= 0.6 is 8.60 Å². The van der Waals surface area contributed by atoms with Gasteiger partial charge in [-0.15, -0.1) is 0 Å². The van der Waals surface area contributed by atoms with E-state index in [1.165, 1.54) is 225 Å². The van der Waals surface area contributed by atoms with Gasteiger partial charge in [-0.25, -0.2) is 0 Å². The standard InChI is InChI=1S/C36H74O.C5H12.H3O3P/c1-3-5-7-9-11-13-15-17-19-21-23-25-27-29-31-33-35-37-36-34-32-30-28-26-24-22-20-18-16-14-12-10-8-6-4-2;1-3-5-4-2;1-4(2)3/h3-36H2,1-2H3;3-5H2,1-2H3;1-3H. The lowest BCUT2D eigenvalue weighted by molar-refractivity contribution is 0.125. The molecule has 0 unspecified atom stereocenters. The summed E-state index contributed by atoms with van der Waals surface area (Å²) in [4.78, 5) is 21.7. The Balaban J connectivity index is -0.00000179. The van der Waals surface area contributed by atoms with Crippen LogP contribution in [0.2, 0.25) is 0 Å². The highest BCUT2D eigenvalue weighted by molar-refractivity contribution is 7.38. The van der Waals surface area contributed by atoms with Crippen LogP contribution in [0.5, 0.6) is 0 Å². The van der Waals surface area contributed by atoms with E-state index in [1.807, 2.05) is 0 Å². The summed E-state index contributed by atoms with van der Waals surface area (Å²) in [5, 5.41) is 0. The molecule has 0 rings (SSSR count). The molecule has 0 bridgehead atoms. The number of hydrogen-bond acceptors (Lipinski definition) is 4. The van der Waals surface area contributed by atoms with E-state index in [0.717, 1.165) is 13.2 Å². The van der Waals surface area contributed by atoms with E-state index in [2.05, 4.69) is 27.7 Å². The Kier molecular flexibility index (Phi) is 57.4. The van der Waals surface area contributed by atoms with Gasteiger partial charge in [0, 0.05) is 13.2 Å². The summed E-state index contributed by atoms with van der Waals surface area (Å²) in [7, 11) is -2.62.